The van der Waals surface area contributed by atoms with Crippen molar-refractivity contribution in [3.63, 3.8) is 0 Å². The molecule has 1 amide bonds. The highest BCUT2D eigenvalue weighted by Crippen LogP contribution is 2.34. The minimum atomic E-state index is -0.573. The number of aryl methyl sites for hydroxylation is 1. The van der Waals surface area contributed by atoms with Gasteiger partial charge in [0.2, 0.25) is 5.91 Å². The smallest absolute Gasteiger partial charge is 0.341 e. The first-order valence-electron chi connectivity index (χ1n) is 10.0. The molecule has 1 N–H and O–H groups in total. The van der Waals surface area contributed by atoms with E-state index in [4.69, 9.17) is 16.3 Å². The van der Waals surface area contributed by atoms with Crippen molar-refractivity contribution < 1.29 is 19.1 Å². The molecule has 2 heterocycles. The molecule has 1 aromatic carbocycles. The summed E-state index contributed by atoms with van der Waals surface area (Å²) >= 11 is 8.21. The highest BCUT2D eigenvalue weighted by molar-refractivity contribution is 7.99. The quantitative estimate of drug-likeness (QED) is 0.185. The Hall–Kier alpha value is -2.75. The first-order chi connectivity index (χ1) is 15.7. The molecule has 0 spiro atoms. The van der Waals surface area contributed by atoms with Crippen LogP contribution in [-0.4, -0.2) is 40.0 Å². The van der Waals surface area contributed by atoms with Gasteiger partial charge in [0.15, 0.2) is 10.9 Å². The van der Waals surface area contributed by atoms with Crippen LogP contribution >= 0.6 is 34.7 Å². The lowest BCUT2D eigenvalue weighted by Gasteiger charge is -2.08. The lowest BCUT2D eigenvalue weighted by molar-refractivity contribution is -0.113. The van der Waals surface area contributed by atoms with E-state index < -0.39 is 5.97 Å². The Morgan fingerprint density at radius 1 is 1.15 bits per heavy atom. The van der Waals surface area contributed by atoms with Gasteiger partial charge >= 0.3 is 5.97 Å². The fourth-order valence-electron chi connectivity index (χ4n) is 3.05. The van der Waals surface area contributed by atoms with Crippen molar-refractivity contribution in [3.8, 4) is 11.3 Å². The fourth-order valence-corrected chi connectivity index (χ4v) is 4.99. The molecule has 0 saturated carbocycles. The molecule has 0 aliphatic carbocycles. The Labute approximate surface area is 204 Å². The standard InChI is InChI=1S/C23H22ClN3O4S2/c1-5-31-22(30)19-13(3)20(14(4)28)33-21(19)27-18(29)11-32-23-25-12(2)10-17(26-23)15-6-8-16(24)9-7-15/h6-10H,5,11H2,1-4H3,(H,27,29). The van der Waals surface area contributed by atoms with Crippen LogP contribution in [0.4, 0.5) is 5.00 Å². The Morgan fingerprint density at radius 3 is 2.48 bits per heavy atom. The van der Waals surface area contributed by atoms with E-state index in [-0.39, 0.29) is 29.6 Å². The average molecular weight is 504 g/mol. The van der Waals surface area contributed by atoms with Gasteiger partial charge in [-0.1, -0.05) is 35.5 Å². The van der Waals surface area contributed by atoms with E-state index in [1.807, 2.05) is 25.1 Å². The zero-order valence-corrected chi connectivity index (χ0v) is 20.9. The van der Waals surface area contributed by atoms with E-state index in [2.05, 4.69) is 15.3 Å². The molecule has 0 fully saturated rings. The number of thiophene rings is 1. The summed E-state index contributed by atoms with van der Waals surface area (Å²) in [6.45, 7) is 6.83. The molecule has 0 unspecified atom stereocenters. The normalized spacial score (nSPS) is 10.7. The van der Waals surface area contributed by atoms with Crippen LogP contribution in [0.1, 0.15) is 45.1 Å². The summed E-state index contributed by atoms with van der Waals surface area (Å²) in [6, 6.07) is 9.17. The monoisotopic (exact) mass is 503 g/mol. The molecule has 0 atom stereocenters. The number of amides is 1. The highest BCUT2D eigenvalue weighted by atomic mass is 35.5. The largest absolute Gasteiger partial charge is 0.462 e. The number of benzene rings is 1. The van der Waals surface area contributed by atoms with Gasteiger partial charge in [-0.3, -0.25) is 9.59 Å². The van der Waals surface area contributed by atoms with Crippen LogP contribution in [0, 0.1) is 13.8 Å². The highest BCUT2D eigenvalue weighted by Gasteiger charge is 2.25. The molecule has 3 aromatic rings. The van der Waals surface area contributed by atoms with Gasteiger partial charge < -0.3 is 10.1 Å². The molecular formula is C23H22ClN3O4S2. The molecule has 3 rings (SSSR count). The predicted molar refractivity (Wildman–Crippen MR) is 132 cm³/mol. The number of carbonyl (C=O) groups excluding carboxylic acids is 3. The van der Waals surface area contributed by atoms with E-state index in [1.54, 1.807) is 26.0 Å². The molecule has 10 heteroatoms. The lowest BCUT2D eigenvalue weighted by Crippen LogP contribution is -2.16. The van der Waals surface area contributed by atoms with E-state index in [9.17, 15) is 14.4 Å². The predicted octanol–water partition coefficient (Wildman–Crippen LogP) is 5.59. The number of thioether (sulfide) groups is 1. The minimum Gasteiger partial charge on any atom is -0.462 e. The fraction of sp³-hybridized carbons (Fsp3) is 0.261. The van der Waals surface area contributed by atoms with E-state index in [0.29, 0.717) is 25.6 Å². The Balaban J connectivity index is 1.76. The SMILES string of the molecule is CCOC(=O)c1c(NC(=O)CSc2nc(C)cc(-c3ccc(Cl)cc3)n2)sc(C(C)=O)c1C. The van der Waals surface area contributed by atoms with Gasteiger partial charge in [0.1, 0.15) is 5.00 Å². The average Bonchev–Trinajstić information content (AvgIpc) is 3.08. The maximum atomic E-state index is 12.7. The van der Waals surface area contributed by atoms with Crippen LogP contribution in [0.5, 0.6) is 0 Å². The maximum absolute atomic E-state index is 12.7. The van der Waals surface area contributed by atoms with Crippen molar-refractivity contribution in [3.05, 3.63) is 57.1 Å². The summed E-state index contributed by atoms with van der Waals surface area (Å²) < 4.78 is 5.10. The summed E-state index contributed by atoms with van der Waals surface area (Å²) in [4.78, 5) is 46.3. The van der Waals surface area contributed by atoms with E-state index in [0.717, 1.165) is 28.3 Å². The van der Waals surface area contributed by atoms with Crippen LogP contribution in [-0.2, 0) is 9.53 Å². The van der Waals surface area contributed by atoms with Gasteiger partial charge in [-0.05, 0) is 51.5 Å². The summed E-state index contributed by atoms with van der Waals surface area (Å²) in [5.41, 5.74) is 3.10. The summed E-state index contributed by atoms with van der Waals surface area (Å²) in [5.74, 6) is -1.07. The molecular weight excluding hydrogens is 482 g/mol. The molecule has 33 heavy (non-hydrogen) atoms. The van der Waals surface area contributed by atoms with Gasteiger partial charge in [0.05, 0.1) is 28.5 Å². The second-order valence-electron chi connectivity index (χ2n) is 7.06. The summed E-state index contributed by atoms with van der Waals surface area (Å²) in [7, 11) is 0. The topological polar surface area (TPSA) is 98.2 Å². The number of Topliss-reactive ketones (excluding diaryl/α,β-unsaturated/α-hetero) is 1. The number of ketones is 1. The first kappa shape index (κ1) is 24.9. The zero-order valence-electron chi connectivity index (χ0n) is 18.5. The summed E-state index contributed by atoms with van der Waals surface area (Å²) in [6.07, 6.45) is 0. The molecule has 0 saturated heterocycles. The zero-order chi connectivity index (χ0) is 24.1. The number of rotatable bonds is 8. The number of esters is 1. The second kappa shape index (κ2) is 10.9. The number of halogens is 1. The number of ether oxygens (including phenoxy) is 1. The summed E-state index contributed by atoms with van der Waals surface area (Å²) in [5, 5.41) is 4.12. The Bertz CT molecular complexity index is 1210. The molecule has 0 aliphatic rings. The molecule has 7 nitrogen and oxygen atoms in total. The van der Waals surface area contributed by atoms with Crippen LogP contribution in [0.3, 0.4) is 0 Å². The first-order valence-corrected chi connectivity index (χ1v) is 12.2. The molecule has 172 valence electrons. The van der Waals surface area contributed by atoms with Crippen LogP contribution in [0.25, 0.3) is 11.3 Å². The number of aromatic nitrogens is 2. The third-order valence-corrected chi connectivity index (χ3v) is 6.91. The number of anilines is 1. The molecule has 2 aromatic heterocycles. The number of hydrogen-bond donors (Lipinski definition) is 1. The van der Waals surface area contributed by atoms with Gasteiger partial charge in [-0.25, -0.2) is 14.8 Å². The Morgan fingerprint density at radius 2 is 1.85 bits per heavy atom. The lowest BCUT2D eigenvalue weighted by atomic mass is 10.1. The van der Waals surface area contributed by atoms with E-state index in [1.165, 1.54) is 18.7 Å². The van der Waals surface area contributed by atoms with Crippen LogP contribution < -0.4 is 5.32 Å². The van der Waals surface area contributed by atoms with Gasteiger partial charge in [0, 0.05) is 16.3 Å². The van der Waals surface area contributed by atoms with Crippen molar-refractivity contribution in [1.29, 1.82) is 0 Å². The molecule has 0 radical (unpaired) electrons. The number of nitrogens with one attached hydrogen (secondary N) is 1. The van der Waals surface area contributed by atoms with Crippen molar-refractivity contribution in [2.24, 2.45) is 0 Å². The van der Waals surface area contributed by atoms with Crippen molar-refractivity contribution >= 4 is 57.4 Å². The van der Waals surface area contributed by atoms with E-state index >= 15 is 0 Å². The number of hydrogen-bond acceptors (Lipinski definition) is 8. The van der Waals surface area contributed by atoms with Gasteiger partial charge in [-0.15, -0.1) is 11.3 Å². The Kier molecular flexibility index (Phi) is 8.23. The van der Waals surface area contributed by atoms with Crippen molar-refractivity contribution in [2.45, 2.75) is 32.9 Å². The molecule has 0 aliphatic heterocycles. The maximum Gasteiger partial charge on any atom is 0.341 e. The third kappa shape index (κ3) is 6.19. The second-order valence-corrected chi connectivity index (χ2v) is 9.46. The number of carbonyl (C=O) groups is 3. The van der Waals surface area contributed by atoms with Crippen LogP contribution in [0.15, 0.2) is 35.5 Å². The third-order valence-electron chi connectivity index (χ3n) is 4.51. The molecule has 0 bridgehead atoms. The van der Waals surface area contributed by atoms with Crippen molar-refractivity contribution in [1.82, 2.24) is 9.97 Å². The van der Waals surface area contributed by atoms with Crippen LogP contribution in [0.2, 0.25) is 5.02 Å². The van der Waals surface area contributed by atoms with Gasteiger partial charge in [0.25, 0.3) is 0 Å². The van der Waals surface area contributed by atoms with Gasteiger partial charge in [-0.2, -0.15) is 0 Å². The van der Waals surface area contributed by atoms with Crippen molar-refractivity contribution in [2.75, 3.05) is 17.7 Å². The minimum absolute atomic E-state index is 0.0259. The number of nitrogens with zero attached hydrogens (tertiary/aromatic N) is 2.